The molecule has 6 aliphatic rings. The summed E-state index contributed by atoms with van der Waals surface area (Å²) in [6, 6.07) is 14.1. The zero-order valence-electron chi connectivity index (χ0n) is 36.6. The summed E-state index contributed by atoms with van der Waals surface area (Å²) in [7, 11) is 8.99. The highest BCUT2D eigenvalue weighted by atomic mass is 16.7. The maximum atomic E-state index is 13.8. The third kappa shape index (κ3) is 6.84. The van der Waals surface area contributed by atoms with E-state index in [1.54, 1.807) is 48.5 Å². The fourth-order valence-electron chi connectivity index (χ4n) is 10.4. The van der Waals surface area contributed by atoms with Gasteiger partial charge in [-0.25, -0.2) is 9.59 Å². The van der Waals surface area contributed by atoms with E-state index in [9.17, 15) is 19.2 Å². The van der Waals surface area contributed by atoms with Crippen LogP contribution in [0.25, 0.3) is 0 Å². The molecule has 18 heteroatoms. The Morgan fingerprint density at radius 3 is 1.12 bits per heavy atom. The predicted molar refractivity (Wildman–Crippen MR) is 224 cm³/mol. The summed E-state index contributed by atoms with van der Waals surface area (Å²) in [4.78, 5) is 55.1. The first-order valence-corrected chi connectivity index (χ1v) is 21.0. The number of hydrogen-bond acceptors (Lipinski definition) is 18. The van der Waals surface area contributed by atoms with E-state index < -0.39 is 71.6 Å². The van der Waals surface area contributed by atoms with Crippen molar-refractivity contribution in [2.45, 2.75) is 24.0 Å². The number of fused-ring (bicyclic) bond motifs is 6. The highest BCUT2D eigenvalue weighted by molar-refractivity contribution is 5.92. The molecule has 0 N–H and O–H groups in total. The molecule has 4 heterocycles. The summed E-state index contributed by atoms with van der Waals surface area (Å²) < 4.78 is 80.4. The van der Waals surface area contributed by atoms with Gasteiger partial charge >= 0.3 is 23.9 Å². The highest BCUT2D eigenvalue weighted by Crippen LogP contribution is 2.58. The summed E-state index contributed by atoms with van der Waals surface area (Å²) >= 11 is 0. The van der Waals surface area contributed by atoms with Gasteiger partial charge in [-0.15, -0.1) is 0 Å². The Morgan fingerprint density at radius 2 is 0.803 bits per heavy atom. The molecule has 18 nitrogen and oxygen atoms in total. The first kappa shape index (κ1) is 42.5. The second-order valence-electron chi connectivity index (χ2n) is 16.2. The van der Waals surface area contributed by atoms with Gasteiger partial charge < -0.3 is 66.3 Å². The van der Waals surface area contributed by atoms with Gasteiger partial charge in [-0.2, -0.15) is 0 Å². The molecule has 344 valence electrons. The fraction of sp³-hybridized carbons (Fsp3) is 0.375. The number of esters is 4. The van der Waals surface area contributed by atoms with Gasteiger partial charge in [0.25, 0.3) is 0 Å². The van der Waals surface area contributed by atoms with Gasteiger partial charge in [-0.05, 0) is 70.8 Å². The molecular weight excluding hydrogens is 865 g/mol. The van der Waals surface area contributed by atoms with Gasteiger partial charge in [-0.1, -0.05) is 0 Å². The minimum atomic E-state index is -1.01. The summed E-state index contributed by atoms with van der Waals surface area (Å²) in [5.41, 5.74) is 3.67. The molecule has 0 bridgehead atoms. The van der Waals surface area contributed by atoms with E-state index >= 15 is 0 Å². The Hall–Kier alpha value is -7.50. The van der Waals surface area contributed by atoms with E-state index in [0.29, 0.717) is 90.9 Å². The zero-order valence-corrected chi connectivity index (χ0v) is 36.6. The Balaban J connectivity index is 0.959. The topological polar surface area (TPSA) is 197 Å². The molecule has 0 amide bonds. The van der Waals surface area contributed by atoms with Gasteiger partial charge in [0, 0.05) is 47.0 Å². The molecule has 8 atom stereocenters. The van der Waals surface area contributed by atoms with Crippen LogP contribution < -0.4 is 47.4 Å². The summed E-state index contributed by atoms with van der Waals surface area (Å²) in [6.07, 6.45) is -0.103. The smallest absolute Gasteiger partial charge is 0.331 e. The van der Waals surface area contributed by atoms with E-state index in [4.69, 9.17) is 66.3 Å². The van der Waals surface area contributed by atoms with Crippen LogP contribution in [0.4, 0.5) is 0 Å². The zero-order chi connectivity index (χ0) is 46.0. The first-order valence-electron chi connectivity index (χ1n) is 21.0. The van der Waals surface area contributed by atoms with Crippen LogP contribution in [0, 0.1) is 23.7 Å². The molecule has 2 fully saturated rings. The average molecular weight is 909 g/mol. The predicted octanol–water partition coefficient (Wildman–Crippen LogP) is 5.49. The Labute approximate surface area is 377 Å². The lowest BCUT2D eigenvalue weighted by molar-refractivity contribution is -0.151. The van der Waals surface area contributed by atoms with Crippen molar-refractivity contribution in [1.82, 2.24) is 0 Å². The number of carbonyl (C=O) groups excluding carboxylic acids is 4. The fourth-order valence-corrected chi connectivity index (χ4v) is 10.4. The number of benzene rings is 4. The summed E-state index contributed by atoms with van der Waals surface area (Å²) in [5, 5.41) is 0. The van der Waals surface area contributed by atoms with Crippen molar-refractivity contribution >= 4 is 23.9 Å². The Morgan fingerprint density at radius 1 is 0.470 bits per heavy atom. The van der Waals surface area contributed by atoms with Crippen molar-refractivity contribution in [3.05, 3.63) is 94.1 Å². The monoisotopic (exact) mass is 908 g/mol. The molecule has 4 aromatic carbocycles. The van der Waals surface area contributed by atoms with Crippen LogP contribution in [-0.2, 0) is 38.1 Å². The number of hydrogen-bond donors (Lipinski definition) is 0. The number of methoxy groups -OCH3 is 6. The lowest BCUT2D eigenvalue weighted by Crippen LogP contribution is -2.36. The highest BCUT2D eigenvalue weighted by Gasteiger charge is 2.56. The number of rotatable bonds is 12. The maximum absolute atomic E-state index is 13.8. The van der Waals surface area contributed by atoms with Crippen LogP contribution in [0.2, 0.25) is 0 Å². The van der Waals surface area contributed by atoms with Crippen molar-refractivity contribution in [3.63, 3.8) is 0 Å². The molecular formula is C48H44O18. The van der Waals surface area contributed by atoms with Gasteiger partial charge in [0.15, 0.2) is 46.0 Å². The molecule has 0 spiro atoms. The van der Waals surface area contributed by atoms with Gasteiger partial charge in [0.05, 0.1) is 67.7 Å². The lowest BCUT2D eigenvalue weighted by Gasteiger charge is -2.38. The molecule has 66 heavy (non-hydrogen) atoms. The molecule has 2 saturated heterocycles. The SMILES string of the molecule is COc1cc([C@@H]2c3cc4c(cc3[C@H](OC(=O)/C=C/C(=O)O[C@H]3c5cc6c(cc5[C@@H](c5cc(OC)c(OC)c(OC)c5)[C@@H]5C(=O)OC[C@@H]53)OCO6)[C@H]3COC(=O)[C@@H]23)OCO4)cc(OC)c1OC. The largest absolute Gasteiger partial charge is 0.493 e. The average Bonchev–Trinajstić information content (AvgIpc) is 4.16. The van der Waals surface area contributed by atoms with E-state index in [1.165, 1.54) is 42.7 Å². The molecule has 4 aliphatic heterocycles. The third-order valence-corrected chi connectivity index (χ3v) is 13.2. The molecule has 4 aromatic rings. The normalized spacial score (nSPS) is 24.8. The molecule has 0 unspecified atom stereocenters. The van der Waals surface area contributed by atoms with Gasteiger partial charge in [0.1, 0.15) is 12.2 Å². The second-order valence-corrected chi connectivity index (χ2v) is 16.2. The first-order chi connectivity index (χ1) is 32.1. The molecule has 0 aromatic heterocycles. The Kier molecular flexibility index (Phi) is 10.8. The van der Waals surface area contributed by atoms with E-state index in [-0.39, 0.29) is 26.8 Å². The summed E-state index contributed by atoms with van der Waals surface area (Å²) in [6.45, 7) is -0.164. The molecule has 2 aliphatic carbocycles. The quantitative estimate of drug-likeness (QED) is 0.0982. The van der Waals surface area contributed by atoms with Crippen molar-refractivity contribution in [2.24, 2.45) is 23.7 Å². The van der Waals surface area contributed by atoms with Crippen LogP contribution in [0.3, 0.4) is 0 Å². The van der Waals surface area contributed by atoms with Crippen LogP contribution in [-0.4, -0.2) is 93.3 Å². The lowest BCUT2D eigenvalue weighted by atomic mass is 9.66. The number of carbonyl (C=O) groups is 4. The van der Waals surface area contributed by atoms with E-state index in [1.807, 2.05) is 0 Å². The molecule has 0 saturated carbocycles. The van der Waals surface area contributed by atoms with Gasteiger partial charge in [-0.3, -0.25) is 9.59 Å². The van der Waals surface area contributed by atoms with Crippen molar-refractivity contribution in [2.75, 3.05) is 69.5 Å². The van der Waals surface area contributed by atoms with Crippen LogP contribution in [0.1, 0.15) is 57.4 Å². The summed E-state index contributed by atoms with van der Waals surface area (Å²) in [5.74, 6) is -2.92. The second kappa shape index (κ2) is 16.8. The van der Waals surface area contributed by atoms with Crippen molar-refractivity contribution in [3.8, 4) is 57.5 Å². The minimum absolute atomic E-state index is 0.0282. The third-order valence-electron chi connectivity index (χ3n) is 13.2. The van der Waals surface area contributed by atoms with Crippen LogP contribution >= 0.6 is 0 Å². The Bertz CT molecular complexity index is 2460. The van der Waals surface area contributed by atoms with Gasteiger partial charge in [0.2, 0.25) is 25.1 Å². The minimum Gasteiger partial charge on any atom is -0.493 e. The standard InChI is InChI=1S/C48H44O18/c1-53-33-9-21(10-34(54-2)45(33)57-5)39-23-13-29-31(63-19-61-29)15-25(23)43(27-17-59-47(51)41(27)39)65-37(49)7-8-38(50)66-44-26-16-32-30(62-20-64-32)14-24(26)40(42-28(44)18-60-48(42)52)22-11-35(55-3)46(58-6)36(12-22)56-4/h7-16,27-28,39-44H,17-20H2,1-6H3/b8-7+/t27-,28-,39+,40+,41+,42+,43-,44-/m0/s1. The van der Waals surface area contributed by atoms with Crippen LogP contribution in [0.15, 0.2) is 60.7 Å². The van der Waals surface area contributed by atoms with Crippen LogP contribution in [0.5, 0.6) is 57.5 Å². The van der Waals surface area contributed by atoms with E-state index in [2.05, 4.69) is 0 Å². The molecule has 10 rings (SSSR count). The van der Waals surface area contributed by atoms with E-state index in [0.717, 1.165) is 12.2 Å². The van der Waals surface area contributed by atoms with Crippen molar-refractivity contribution in [1.29, 1.82) is 0 Å². The van der Waals surface area contributed by atoms with Crippen molar-refractivity contribution < 1.29 is 85.5 Å². The maximum Gasteiger partial charge on any atom is 0.331 e. The number of cyclic esters (lactones) is 2. The molecule has 0 radical (unpaired) electrons. The number of ether oxygens (including phenoxy) is 14.